The molecule has 4 nitrogen and oxygen atoms in total. The summed E-state index contributed by atoms with van der Waals surface area (Å²) in [6.45, 7) is 8.57. The quantitative estimate of drug-likeness (QED) is 0.630. The molecule has 2 heterocycles. The highest BCUT2D eigenvalue weighted by Gasteiger charge is 2.42. The van der Waals surface area contributed by atoms with Crippen molar-refractivity contribution >= 4 is 22.5 Å². The summed E-state index contributed by atoms with van der Waals surface area (Å²) >= 11 is 0. The Morgan fingerprint density at radius 1 is 1.11 bits per heavy atom. The van der Waals surface area contributed by atoms with Crippen molar-refractivity contribution in [1.29, 1.82) is 0 Å². The fourth-order valence-corrected chi connectivity index (χ4v) is 4.73. The first-order valence-electron chi connectivity index (χ1n) is 9.92. The smallest absolute Gasteiger partial charge is 0.163 e. The van der Waals surface area contributed by atoms with Crippen LogP contribution < -0.4 is 5.32 Å². The summed E-state index contributed by atoms with van der Waals surface area (Å²) in [6.07, 6.45) is 1.44. The number of nitrogens with one attached hydrogen (secondary N) is 1. The van der Waals surface area contributed by atoms with E-state index in [2.05, 4.69) is 57.3 Å². The third-order valence-corrected chi connectivity index (χ3v) is 6.04. The van der Waals surface area contributed by atoms with E-state index in [9.17, 15) is 4.79 Å². The van der Waals surface area contributed by atoms with Crippen molar-refractivity contribution in [3.8, 4) is 0 Å². The predicted octanol–water partition coefficient (Wildman–Crippen LogP) is 5.31. The molecule has 0 saturated carbocycles. The largest absolute Gasteiger partial charge is 0.343 e. The zero-order chi connectivity index (χ0) is 19.6. The molecule has 1 aliphatic carbocycles. The second-order valence-corrected chi connectivity index (χ2v) is 9.03. The summed E-state index contributed by atoms with van der Waals surface area (Å²) in [5.74, 6) is 1.22. The molecule has 4 heteroatoms. The summed E-state index contributed by atoms with van der Waals surface area (Å²) < 4.78 is 2.03. The molecule has 0 fully saturated rings. The van der Waals surface area contributed by atoms with Gasteiger partial charge in [0.15, 0.2) is 5.78 Å². The van der Waals surface area contributed by atoms with E-state index in [1.165, 1.54) is 11.1 Å². The Kier molecular flexibility index (Phi) is 3.57. The number of nitrogens with zero attached hydrogens (tertiary/aromatic N) is 2. The lowest BCUT2D eigenvalue weighted by molar-refractivity contribution is -0.118. The van der Waals surface area contributed by atoms with Crippen LogP contribution >= 0.6 is 0 Å². The molecule has 0 amide bonds. The number of aromatic nitrogens is 2. The predicted molar refractivity (Wildman–Crippen MR) is 112 cm³/mol. The molecular weight excluding hydrogens is 346 g/mol. The summed E-state index contributed by atoms with van der Waals surface area (Å²) in [5.41, 5.74) is 6.41. The second-order valence-electron chi connectivity index (χ2n) is 9.03. The molecule has 1 N–H and O–H groups in total. The summed E-state index contributed by atoms with van der Waals surface area (Å²) in [5, 5.41) is 9.61. The first kappa shape index (κ1) is 17.2. The van der Waals surface area contributed by atoms with Crippen LogP contribution in [0, 0.1) is 19.3 Å². The normalized spacial score (nSPS) is 20.7. The first-order chi connectivity index (χ1) is 13.3. The Bertz CT molecular complexity index is 1170. The first-order valence-corrected chi connectivity index (χ1v) is 9.92. The van der Waals surface area contributed by atoms with Crippen molar-refractivity contribution < 1.29 is 4.79 Å². The summed E-state index contributed by atoms with van der Waals surface area (Å²) in [7, 11) is 0. The molecule has 1 unspecified atom stereocenters. The molecule has 28 heavy (non-hydrogen) atoms. The van der Waals surface area contributed by atoms with E-state index in [-0.39, 0.29) is 17.2 Å². The number of aryl methyl sites for hydroxylation is 2. The maximum Gasteiger partial charge on any atom is 0.163 e. The van der Waals surface area contributed by atoms with Gasteiger partial charge in [0.2, 0.25) is 0 Å². The number of ketones is 1. The van der Waals surface area contributed by atoms with Crippen LogP contribution in [0.1, 0.15) is 49.4 Å². The Morgan fingerprint density at radius 2 is 1.89 bits per heavy atom. The number of carbonyl (C=O) groups is 1. The molecule has 2 aromatic carbocycles. The Morgan fingerprint density at radius 3 is 2.71 bits per heavy atom. The molecule has 2 aliphatic rings. The number of hydrogen-bond donors (Lipinski definition) is 1. The maximum absolute atomic E-state index is 13.3. The highest BCUT2D eigenvalue weighted by atomic mass is 16.1. The lowest BCUT2D eigenvalue weighted by Gasteiger charge is -2.39. The van der Waals surface area contributed by atoms with Gasteiger partial charge in [-0.2, -0.15) is 5.10 Å². The molecule has 142 valence electrons. The van der Waals surface area contributed by atoms with Crippen LogP contribution in [0.3, 0.4) is 0 Å². The molecule has 0 radical (unpaired) electrons. The molecule has 0 bridgehead atoms. The highest BCUT2D eigenvalue weighted by molar-refractivity contribution is 6.02. The Labute approximate surface area is 165 Å². The number of Topliss-reactive ketones (excluding diaryl/α,β-unsaturated/α-hetero) is 1. The minimum atomic E-state index is -0.179. The molecule has 1 aromatic heterocycles. The number of hydrogen-bond acceptors (Lipinski definition) is 3. The van der Waals surface area contributed by atoms with Gasteiger partial charge in [-0.1, -0.05) is 49.7 Å². The van der Waals surface area contributed by atoms with Gasteiger partial charge in [-0.15, -0.1) is 0 Å². The van der Waals surface area contributed by atoms with Crippen molar-refractivity contribution in [2.45, 2.75) is 46.6 Å². The summed E-state index contributed by atoms with van der Waals surface area (Å²) in [4.78, 5) is 13.3. The molecule has 1 atom stereocenters. The van der Waals surface area contributed by atoms with Crippen molar-refractivity contribution in [3.05, 3.63) is 70.4 Å². The molecule has 3 aromatic rings. The van der Waals surface area contributed by atoms with E-state index in [0.29, 0.717) is 6.42 Å². The van der Waals surface area contributed by atoms with Crippen LogP contribution in [0.4, 0.5) is 5.82 Å². The third-order valence-electron chi connectivity index (χ3n) is 6.04. The van der Waals surface area contributed by atoms with Crippen molar-refractivity contribution in [2.75, 3.05) is 5.32 Å². The van der Waals surface area contributed by atoms with Gasteiger partial charge in [0.1, 0.15) is 11.9 Å². The number of anilines is 1. The number of benzene rings is 2. The number of fused-ring (bicyclic) bond motifs is 3. The van der Waals surface area contributed by atoms with E-state index in [1.807, 2.05) is 22.9 Å². The topological polar surface area (TPSA) is 46.9 Å². The van der Waals surface area contributed by atoms with Gasteiger partial charge in [-0.3, -0.25) is 4.79 Å². The van der Waals surface area contributed by atoms with E-state index in [1.54, 1.807) is 0 Å². The highest BCUT2D eigenvalue weighted by Crippen LogP contribution is 2.47. The fourth-order valence-electron chi connectivity index (χ4n) is 4.73. The second kappa shape index (κ2) is 5.81. The average molecular weight is 371 g/mol. The monoisotopic (exact) mass is 371 g/mol. The van der Waals surface area contributed by atoms with Gasteiger partial charge in [0, 0.05) is 23.1 Å². The zero-order valence-electron chi connectivity index (χ0n) is 16.8. The molecule has 1 aliphatic heterocycles. The number of allylic oxidation sites excluding steroid dienone is 2. The lowest BCUT2D eigenvalue weighted by atomic mass is 9.72. The van der Waals surface area contributed by atoms with Crippen LogP contribution in [-0.4, -0.2) is 15.6 Å². The van der Waals surface area contributed by atoms with Crippen LogP contribution in [0.5, 0.6) is 0 Å². The molecule has 0 saturated heterocycles. The van der Waals surface area contributed by atoms with Crippen LogP contribution in [0.15, 0.2) is 53.7 Å². The number of rotatable bonds is 1. The fraction of sp³-hybridized carbons (Fsp3) is 0.333. The third kappa shape index (κ3) is 2.51. The van der Waals surface area contributed by atoms with Crippen LogP contribution in [-0.2, 0) is 4.79 Å². The van der Waals surface area contributed by atoms with Gasteiger partial charge in [-0.05, 0) is 48.9 Å². The number of carbonyl (C=O) groups excluding carboxylic acids is 1. The maximum atomic E-state index is 13.3. The van der Waals surface area contributed by atoms with Crippen molar-refractivity contribution in [1.82, 2.24) is 9.78 Å². The standard InChI is InChI=1S/C24H25N3O/c1-14-9-10-15(2)17(11-14)22-21-19(12-24(3,4)13-20(21)28)25-23-16-7-5-6-8-18(16)26-27(22)23/h5-11,22,25H,12-13H2,1-4H3. The molecule has 0 spiro atoms. The van der Waals surface area contributed by atoms with Crippen molar-refractivity contribution in [2.24, 2.45) is 5.41 Å². The Hall–Kier alpha value is -2.88. The molecular formula is C24H25N3O. The zero-order valence-corrected chi connectivity index (χ0v) is 16.8. The van der Waals surface area contributed by atoms with Crippen LogP contribution in [0.25, 0.3) is 10.9 Å². The Balaban J connectivity index is 1.82. The van der Waals surface area contributed by atoms with Gasteiger partial charge < -0.3 is 5.32 Å². The van der Waals surface area contributed by atoms with Crippen molar-refractivity contribution in [3.63, 3.8) is 0 Å². The van der Waals surface area contributed by atoms with E-state index >= 15 is 0 Å². The van der Waals surface area contributed by atoms with Gasteiger partial charge >= 0.3 is 0 Å². The van der Waals surface area contributed by atoms with E-state index in [4.69, 9.17) is 5.10 Å². The summed E-state index contributed by atoms with van der Waals surface area (Å²) in [6, 6.07) is 14.5. The van der Waals surface area contributed by atoms with Gasteiger partial charge in [-0.25, -0.2) is 4.68 Å². The van der Waals surface area contributed by atoms with E-state index in [0.717, 1.165) is 40.0 Å². The van der Waals surface area contributed by atoms with Gasteiger partial charge in [0.05, 0.1) is 5.52 Å². The SMILES string of the molecule is Cc1ccc(C)c(C2C3=C(CC(C)(C)CC3=O)Nc3c4ccccc4nn32)c1. The average Bonchev–Trinajstić information content (AvgIpc) is 2.99. The molecule has 5 rings (SSSR count). The van der Waals surface area contributed by atoms with Crippen LogP contribution in [0.2, 0.25) is 0 Å². The minimum absolute atomic E-state index is 0.0346. The lowest BCUT2D eigenvalue weighted by Crippen LogP contribution is -2.36. The van der Waals surface area contributed by atoms with E-state index < -0.39 is 0 Å². The minimum Gasteiger partial charge on any atom is -0.343 e. The van der Waals surface area contributed by atoms with Gasteiger partial charge in [0.25, 0.3) is 0 Å².